The number of benzene rings is 1. The molecule has 92 valence electrons. The maximum Gasteiger partial charge on any atom is 0.231 e. The van der Waals surface area contributed by atoms with Gasteiger partial charge < -0.3 is 4.74 Å². The Labute approximate surface area is 96.7 Å². The second-order valence-corrected chi connectivity index (χ2v) is 5.01. The monoisotopic (exact) mass is 261 g/mol. The van der Waals surface area contributed by atoms with Crippen molar-refractivity contribution in [2.24, 2.45) is 5.14 Å². The van der Waals surface area contributed by atoms with Gasteiger partial charge in [-0.25, -0.2) is 22.3 Å². The number of primary sulfonamides is 1. The van der Waals surface area contributed by atoms with Crippen molar-refractivity contribution < 1.29 is 21.9 Å². The van der Waals surface area contributed by atoms with Crippen molar-refractivity contribution in [3.05, 3.63) is 34.7 Å². The smallest absolute Gasteiger partial charge is 0.231 e. The second kappa shape index (κ2) is 4.08. The molecule has 4 nitrogen and oxygen atoms in total. The summed E-state index contributed by atoms with van der Waals surface area (Å²) in [6.45, 7) is 0.194. The van der Waals surface area contributed by atoms with Crippen LogP contribution < -0.4 is 9.88 Å². The summed E-state index contributed by atoms with van der Waals surface area (Å²) in [6.07, 6.45) is 0.272. The van der Waals surface area contributed by atoms with E-state index < -0.39 is 21.7 Å². The summed E-state index contributed by atoms with van der Waals surface area (Å²) < 4.78 is 53.1. The fraction of sp³-hybridized carbons (Fsp3) is 0.200. The van der Waals surface area contributed by atoms with Gasteiger partial charge in [0.05, 0.1) is 6.61 Å². The Balaban J connectivity index is 2.59. The molecule has 17 heavy (non-hydrogen) atoms. The minimum atomic E-state index is -3.82. The van der Waals surface area contributed by atoms with Crippen molar-refractivity contribution in [1.29, 1.82) is 0 Å². The lowest BCUT2D eigenvalue weighted by Crippen LogP contribution is -2.13. The number of halogens is 2. The summed E-state index contributed by atoms with van der Waals surface area (Å²) >= 11 is 0. The van der Waals surface area contributed by atoms with E-state index in [2.05, 4.69) is 0 Å². The molecule has 2 N–H and O–H groups in total. The predicted molar refractivity (Wildman–Crippen MR) is 57.6 cm³/mol. The standard InChI is InChI=1S/C10H9F2NO3S/c11-8-3-7-6(5-17(13,14)15)1-2-16-10(7)4-9(8)12/h3-5H,1-2H2,(H2,13,14,15)/b6-5+. The Morgan fingerprint density at radius 2 is 1.94 bits per heavy atom. The Hall–Kier alpha value is -1.47. The SMILES string of the molecule is NS(=O)(=O)/C=C1\CCOc2cc(F)c(F)cc21. The summed E-state index contributed by atoms with van der Waals surface area (Å²) in [5.74, 6) is -1.99. The van der Waals surface area contributed by atoms with E-state index in [0.717, 1.165) is 17.5 Å². The summed E-state index contributed by atoms with van der Waals surface area (Å²) in [5, 5.41) is 5.72. The zero-order valence-electron chi connectivity index (χ0n) is 8.61. The lowest BCUT2D eigenvalue weighted by molar-refractivity contribution is 0.313. The van der Waals surface area contributed by atoms with E-state index in [1.807, 2.05) is 0 Å². The molecular formula is C10H9F2NO3S. The van der Waals surface area contributed by atoms with Gasteiger partial charge in [-0.15, -0.1) is 0 Å². The van der Waals surface area contributed by atoms with Crippen molar-refractivity contribution in [1.82, 2.24) is 0 Å². The van der Waals surface area contributed by atoms with Gasteiger partial charge in [0.15, 0.2) is 11.6 Å². The molecule has 1 heterocycles. The Morgan fingerprint density at radius 1 is 1.29 bits per heavy atom. The number of hydrogen-bond acceptors (Lipinski definition) is 3. The fourth-order valence-electron chi connectivity index (χ4n) is 1.63. The molecule has 0 saturated heterocycles. The van der Waals surface area contributed by atoms with Gasteiger partial charge in [0.2, 0.25) is 10.0 Å². The summed E-state index contributed by atoms with van der Waals surface area (Å²) in [7, 11) is -3.82. The largest absolute Gasteiger partial charge is 0.492 e. The molecule has 0 fully saturated rings. The van der Waals surface area contributed by atoms with Crippen LogP contribution in [0.5, 0.6) is 5.75 Å². The maximum absolute atomic E-state index is 13.1. The highest BCUT2D eigenvalue weighted by Gasteiger charge is 2.20. The zero-order valence-corrected chi connectivity index (χ0v) is 9.43. The topological polar surface area (TPSA) is 69.4 Å². The van der Waals surface area contributed by atoms with Crippen LogP contribution in [-0.4, -0.2) is 15.0 Å². The van der Waals surface area contributed by atoms with E-state index >= 15 is 0 Å². The third kappa shape index (κ3) is 2.62. The third-order valence-electron chi connectivity index (χ3n) is 2.30. The third-order valence-corrected chi connectivity index (χ3v) is 2.92. The van der Waals surface area contributed by atoms with Crippen molar-refractivity contribution in [2.75, 3.05) is 6.61 Å². The lowest BCUT2D eigenvalue weighted by atomic mass is 10.0. The predicted octanol–water partition coefficient (Wildman–Crippen LogP) is 1.38. The van der Waals surface area contributed by atoms with Crippen LogP contribution in [-0.2, 0) is 10.0 Å². The molecule has 0 spiro atoms. The molecule has 1 aromatic carbocycles. The molecule has 0 radical (unpaired) electrons. The van der Waals surface area contributed by atoms with Gasteiger partial charge >= 0.3 is 0 Å². The molecule has 2 rings (SSSR count). The van der Waals surface area contributed by atoms with Gasteiger partial charge in [0, 0.05) is 23.5 Å². The fourth-order valence-corrected chi connectivity index (χ4v) is 2.27. The van der Waals surface area contributed by atoms with Crippen molar-refractivity contribution in [3.8, 4) is 5.75 Å². The molecular weight excluding hydrogens is 252 g/mol. The molecule has 0 saturated carbocycles. The van der Waals surface area contributed by atoms with E-state index in [9.17, 15) is 17.2 Å². The molecule has 0 aromatic heterocycles. The van der Waals surface area contributed by atoms with E-state index in [1.54, 1.807) is 0 Å². The highest BCUT2D eigenvalue weighted by atomic mass is 32.2. The Bertz CT molecular complexity index is 596. The van der Waals surface area contributed by atoms with Crippen LogP contribution in [0.3, 0.4) is 0 Å². The van der Waals surface area contributed by atoms with Crippen molar-refractivity contribution >= 4 is 15.6 Å². The van der Waals surface area contributed by atoms with E-state index in [0.29, 0.717) is 5.57 Å². The number of hydrogen-bond donors (Lipinski definition) is 1. The van der Waals surface area contributed by atoms with Crippen LogP contribution in [0.25, 0.3) is 5.57 Å². The van der Waals surface area contributed by atoms with Crippen LogP contribution in [0.15, 0.2) is 17.5 Å². The number of nitrogens with two attached hydrogens (primary N) is 1. The molecule has 0 amide bonds. The average molecular weight is 261 g/mol. The second-order valence-electron chi connectivity index (χ2n) is 3.59. The summed E-state index contributed by atoms with van der Waals surface area (Å²) in [5.41, 5.74) is 0.525. The molecule has 0 aliphatic carbocycles. The first-order valence-corrected chi connectivity index (χ1v) is 6.33. The zero-order chi connectivity index (χ0) is 12.6. The first-order chi connectivity index (χ1) is 7.87. The Kier molecular flexibility index (Phi) is 2.88. The number of rotatable bonds is 1. The first kappa shape index (κ1) is 12.0. The van der Waals surface area contributed by atoms with Crippen molar-refractivity contribution in [3.63, 3.8) is 0 Å². The summed E-state index contributed by atoms with van der Waals surface area (Å²) in [6, 6.07) is 1.79. The van der Waals surface area contributed by atoms with Gasteiger partial charge in [-0.3, -0.25) is 0 Å². The van der Waals surface area contributed by atoms with Crippen molar-refractivity contribution in [2.45, 2.75) is 6.42 Å². The van der Waals surface area contributed by atoms with Crippen LogP contribution >= 0.6 is 0 Å². The molecule has 7 heteroatoms. The minimum Gasteiger partial charge on any atom is -0.492 e. The number of fused-ring (bicyclic) bond motifs is 1. The lowest BCUT2D eigenvalue weighted by Gasteiger charge is -2.20. The van der Waals surface area contributed by atoms with Gasteiger partial charge in [-0.2, -0.15) is 0 Å². The molecule has 1 aliphatic rings. The Morgan fingerprint density at radius 3 is 2.59 bits per heavy atom. The van der Waals surface area contributed by atoms with E-state index in [-0.39, 0.29) is 24.3 Å². The molecule has 1 aliphatic heterocycles. The van der Waals surface area contributed by atoms with Gasteiger partial charge in [-0.1, -0.05) is 0 Å². The molecule has 1 aromatic rings. The normalized spacial score (nSPS) is 17.7. The number of ether oxygens (including phenoxy) is 1. The minimum absolute atomic E-state index is 0.116. The molecule has 0 bridgehead atoms. The van der Waals surface area contributed by atoms with Crippen LogP contribution in [0.4, 0.5) is 8.78 Å². The van der Waals surface area contributed by atoms with E-state index in [1.165, 1.54) is 0 Å². The maximum atomic E-state index is 13.1. The quantitative estimate of drug-likeness (QED) is 0.830. The summed E-state index contributed by atoms with van der Waals surface area (Å²) in [4.78, 5) is 0. The van der Waals surface area contributed by atoms with Crippen LogP contribution in [0.2, 0.25) is 0 Å². The first-order valence-electron chi connectivity index (χ1n) is 4.72. The number of sulfonamides is 1. The molecule has 0 unspecified atom stereocenters. The highest BCUT2D eigenvalue weighted by Crippen LogP contribution is 2.34. The van der Waals surface area contributed by atoms with Crippen LogP contribution in [0, 0.1) is 11.6 Å². The molecule has 0 atom stereocenters. The average Bonchev–Trinajstić information content (AvgIpc) is 2.19. The highest BCUT2D eigenvalue weighted by molar-refractivity contribution is 7.92. The van der Waals surface area contributed by atoms with Gasteiger partial charge in [0.1, 0.15) is 5.75 Å². The van der Waals surface area contributed by atoms with Gasteiger partial charge in [0.25, 0.3) is 0 Å². The van der Waals surface area contributed by atoms with Crippen LogP contribution in [0.1, 0.15) is 12.0 Å². The van der Waals surface area contributed by atoms with E-state index in [4.69, 9.17) is 9.88 Å². The van der Waals surface area contributed by atoms with Gasteiger partial charge in [-0.05, 0) is 11.6 Å².